The number of benzene rings is 1. The summed E-state index contributed by atoms with van der Waals surface area (Å²) in [4.78, 5) is 16.2. The molecule has 1 saturated carbocycles. The molecule has 4 nitrogen and oxygen atoms in total. The third kappa shape index (κ3) is 3.86. The number of aryl methyl sites for hydroxylation is 1. The quantitative estimate of drug-likeness (QED) is 0.907. The molecule has 1 aromatic carbocycles. The molecule has 23 heavy (non-hydrogen) atoms. The van der Waals surface area contributed by atoms with E-state index >= 15 is 0 Å². The number of aromatic nitrogens is 1. The average molecular weight is 314 g/mol. The maximum absolute atomic E-state index is 13.2. The van der Waals surface area contributed by atoms with Gasteiger partial charge in [-0.15, -0.1) is 0 Å². The number of nitrogens with one attached hydrogen (secondary N) is 1. The summed E-state index contributed by atoms with van der Waals surface area (Å²) in [6.07, 6.45) is 5.74. The Morgan fingerprint density at radius 2 is 2.04 bits per heavy atom. The fourth-order valence-electron chi connectivity index (χ4n) is 2.75. The number of hydrogen-bond acceptors (Lipinski definition) is 3. The predicted octanol–water partition coefficient (Wildman–Crippen LogP) is 4.45. The van der Waals surface area contributed by atoms with Crippen LogP contribution in [-0.4, -0.2) is 10.9 Å². The monoisotopic (exact) mass is 314 g/mol. The summed E-state index contributed by atoms with van der Waals surface area (Å²) < 4.78 is 18.8. The molecule has 1 N–H and O–H groups in total. The largest absolute Gasteiger partial charge is 0.439 e. The van der Waals surface area contributed by atoms with Crippen LogP contribution in [0.4, 0.5) is 10.1 Å². The first-order valence-corrected chi connectivity index (χ1v) is 7.83. The molecule has 0 aliphatic heterocycles. The summed E-state index contributed by atoms with van der Waals surface area (Å²) in [7, 11) is 0. The van der Waals surface area contributed by atoms with Crippen molar-refractivity contribution in [2.45, 2.75) is 32.6 Å². The Labute approximate surface area is 134 Å². The van der Waals surface area contributed by atoms with Gasteiger partial charge in [0.15, 0.2) is 0 Å². The van der Waals surface area contributed by atoms with Crippen molar-refractivity contribution in [2.24, 2.45) is 5.92 Å². The number of carbonyl (C=O) groups excluding carboxylic acids is 1. The molecule has 0 atom stereocenters. The molecule has 0 saturated heterocycles. The van der Waals surface area contributed by atoms with Crippen LogP contribution < -0.4 is 10.1 Å². The topological polar surface area (TPSA) is 51.2 Å². The number of hydrogen-bond donors (Lipinski definition) is 1. The number of halogens is 1. The van der Waals surface area contributed by atoms with Crippen molar-refractivity contribution in [1.29, 1.82) is 0 Å². The highest BCUT2D eigenvalue weighted by Crippen LogP contribution is 2.26. The van der Waals surface area contributed by atoms with E-state index in [4.69, 9.17) is 4.74 Å². The molecule has 1 fully saturated rings. The number of anilines is 1. The maximum Gasteiger partial charge on any atom is 0.227 e. The molecule has 2 aromatic rings. The van der Waals surface area contributed by atoms with E-state index in [1.807, 2.05) is 0 Å². The second-order valence-electron chi connectivity index (χ2n) is 5.87. The van der Waals surface area contributed by atoms with Crippen molar-refractivity contribution >= 4 is 11.6 Å². The first kappa shape index (κ1) is 15.5. The number of rotatable bonds is 4. The normalized spacial score (nSPS) is 14.7. The number of carbonyl (C=O) groups is 1. The third-order valence-corrected chi connectivity index (χ3v) is 4.08. The molecule has 1 aliphatic rings. The van der Waals surface area contributed by atoms with Crippen molar-refractivity contribution in [3.05, 3.63) is 47.9 Å². The van der Waals surface area contributed by atoms with Crippen LogP contribution in [0.5, 0.6) is 11.6 Å². The molecule has 3 rings (SSSR count). The highest BCUT2D eigenvalue weighted by molar-refractivity contribution is 5.92. The average Bonchev–Trinajstić information content (AvgIpc) is 3.07. The van der Waals surface area contributed by atoms with E-state index < -0.39 is 0 Å². The molecule has 5 heteroatoms. The van der Waals surface area contributed by atoms with Gasteiger partial charge in [0, 0.05) is 12.0 Å². The van der Waals surface area contributed by atoms with Gasteiger partial charge in [-0.05, 0) is 49.6 Å². The van der Waals surface area contributed by atoms with Crippen LogP contribution in [0, 0.1) is 18.7 Å². The third-order valence-electron chi connectivity index (χ3n) is 4.08. The predicted molar refractivity (Wildman–Crippen MR) is 86.0 cm³/mol. The van der Waals surface area contributed by atoms with Crippen LogP contribution in [0.25, 0.3) is 0 Å². The lowest BCUT2D eigenvalue weighted by Gasteiger charge is -2.11. The first-order valence-electron chi connectivity index (χ1n) is 7.83. The van der Waals surface area contributed by atoms with Crippen molar-refractivity contribution in [1.82, 2.24) is 4.98 Å². The number of ether oxygens (including phenoxy) is 1. The minimum absolute atomic E-state index is 0.0622. The lowest BCUT2D eigenvalue weighted by Crippen LogP contribution is -2.20. The van der Waals surface area contributed by atoms with E-state index in [-0.39, 0.29) is 17.6 Å². The summed E-state index contributed by atoms with van der Waals surface area (Å²) in [5.41, 5.74) is 1.17. The lowest BCUT2D eigenvalue weighted by atomic mass is 10.1. The van der Waals surface area contributed by atoms with Gasteiger partial charge in [-0.3, -0.25) is 4.79 Å². The van der Waals surface area contributed by atoms with E-state index in [0.717, 1.165) is 25.7 Å². The van der Waals surface area contributed by atoms with Crippen molar-refractivity contribution in [3.8, 4) is 11.6 Å². The molecule has 1 amide bonds. The van der Waals surface area contributed by atoms with E-state index in [1.54, 1.807) is 37.4 Å². The van der Waals surface area contributed by atoms with Gasteiger partial charge in [-0.25, -0.2) is 9.37 Å². The Bertz CT molecular complexity index is 695. The Balaban J connectivity index is 1.62. The van der Waals surface area contributed by atoms with Gasteiger partial charge in [-0.2, -0.15) is 0 Å². The molecular weight excluding hydrogens is 295 g/mol. The van der Waals surface area contributed by atoms with E-state index in [2.05, 4.69) is 10.3 Å². The highest BCUT2D eigenvalue weighted by Gasteiger charge is 2.22. The zero-order valence-electron chi connectivity index (χ0n) is 13.0. The smallest absolute Gasteiger partial charge is 0.227 e. The first-order chi connectivity index (χ1) is 11.1. The summed E-state index contributed by atoms with van der Waals surface area (Å²) in [5, 5.41) is 2.88. The molecule has 120 valence electrons. The van der Waals surface area contributed by atoms with Crippen LogP contribution in [-0.2, 0) is 4.79 Å². The van der Waals surface area contributed by atoms with Crippen LogP contribution in [0.2, 0.25) is 0 Å². The fourth-order valence-corrected chi connectivity index (χ4v) is 2.75. The van der Waals surface area contributed by atoms with E-state index in [0.29, 0.717) is 22.9 Å². The second-order valence-corrected chi connectivity index (χ2v) is 5.87. The van der Waals surface area contributed by atoms with E-state index in [1.165, 1.54) is 6.07 Å². The van der Waals surface area contributed by atoms with Crippen LogP contribution in [0.15, 0.2) is 36.5 Å². The van der Waals surface area contributed by atoms with Crippen molar-refractivity contribution < 1.29 is 13.9 Å². The van der Waals surface area contributed by atoms with E-state index in [9.17, 15) is 9.18 Å². The maximum atomic E-state index is 13.2. The number of pyridine rings is 1. The Hall–Kier alpha value is -2.43. The molecule has 0 spiro atoms. The molecule has 0 bridgehead atoms. The minimum atomic E-state index is -0.268. The Morgan fingerprint density at radius 3 is 2.70 bits per heavy atom. The minimum Gasteiger partial charge on any atom is -0.439 e. The standard InChI is InChI=1S/C18H19FN2O2/c1-12-10-15(7-8-16(12)19)23-17-9-6-14(11-20-17)21-18(22)13-4-2-3-5-13/h6-11,13H,2-5H2,1H3,(H,21,22). The highest BCUT2D eigenvalue weighted by atomic mass is 19.1. The van der Waals surface area contributed by atoms with Crippen LogP contribution >= 0.6 is 0 Å². The van der Waals surface area contributed by atoms with Crippen LogP contribution in [0.1, 0.15) is 31.2 Å². The van der Waals surface area contributed by atoms with Crippen LogP contribution in [0.3, 0.4) is 0 Å². The molecule has 0 unspecified atom stereocenters. The molecule has 1 aromatic heterocycles. The molecular formula is C18H19FN2O2. The number of nitrogens with zero attached hydrogens (tertiary/aromatic N) is 1. The Morgan fingerprint density at radius 1 is 1.26 bits per heavy atom. The van der Waals surface area contributed by atoms with Gasteiger partial charge in [0.25, 0.3) is 0 Å². The van der Waals surface area contributed by atoms with Crippen molar-refractivity contribution in [3.63, 3.8) is 0 Å². The van der Waals surface area contributed by atoms with Crippen molar-refractivity contribution in [2.75, 3.05) is 5.32 Å². The van der Waals surface area contributed by atoms with Gasteiger partial charge in [0.2, 0.25) is 11.8 Å². The van der Waals surface area contributed by atoms with Gasteiger partial charge >= 0.3 is 0 Å². The van der Waals surface area contributed by atoms with Gasteiger partial charge in [-0.1, -0.05) is 12.8 Å². The van der Waals surface area contributed by atoms with Gasteiger partial charge < -0.3 is 10.1 Å². The SMILES string of the molecule is Cc1cc(Oc2ccc(NC(=O)C3CCCC3)cn2)ccc1F. The fraction of sp³-hybridized carbons (Fsp3) is 0.333. The summed E-state index contributed by atoms with van der Waals surface area (Å²) in [6, 6.07) is 7.97. The zero-order valence-corrected chi connectivity index (χ0v) is 13.0. The summed E-state index contributed by atoms with van der Waals surface area (Å²) >= 11 is 0. The second kappa shape index (κ2) is 6.77. The molecule has 0 radical (unpaired) electrons. The lowest BCUT2D eigenvalue weighted by molar-refractivity contribution is -0.119. The van der Waals surface area contributed by atoms with Gasteiger partial charge in [0.1, 0.15) is 11.6 Å². The summed E-state index contributed by atoms with van der Waals surface area (Å²) in [6.45, 7) is 1.68. The molecule has 1 heterocycles. The number of amides is 1. The molecule has 1 aliphatic carbocycles. The Kier molecular flexibility index (Phi) is 4.55. The zero-order chi connectivity index (χ0) is 16.2. The van der Waals surface area contributed by atoms with Gasteiger partial charge in [0.05, 0.1) is 11.9 Å². The summed E-state index contributed by atoms with van der Waals surface area (Å²) in [5.74, 6) is 0.838.